The van der Waals surface area contributed by atoms with E-state index in [2.05, 4.69) is 60.9 Å². The van der Waals surface area contributed by atoms with Crippen LogP contribution in [0, 0.1) is 0 Å². The number of likely N-dealkylation sites (N-methyl/N-ethyl adjacent to an activating group) is 1. The molecule has 2 N–H and O–H groups in total. The predicted octanol–water partition coefficient (Wildman–Crippen LogP) is 2.32. The Morgan fingerprint density at radius 2 is 2.00 bits per heavy atom. The van der Waals surface area contributed by atoms with Crippen LogP contribution in [0.5, 0.6) is 0 Å². The van der Waals surface area contributed by atoms with Crippen LogP contribution in [0.2, 0.25) is 0 Å². The van der Waals surface area contributed by atoms with Gasteiger partial charge in [-0.25, -0.2) is 0 Å². The first-order valence-corrected chi connectivity index (χ1v) is 7.84. The molecular weight excluding hydrogens is 246 g/mol. The summed E-state index contributed by atoms with van der Waals surface area (Å²) in [6, 6.07) is 11.3. The summed E-state index contributed by atoms with van der Waals surface area (Å²) in [5, 5.41) is 0. The van der Waals surface area contributed by atoms with Crippen molar-refractivity contribution in [3.05, 3.63) is 35.9 Å². The molecule has 112 valence electrons. The maximum atomic E-state index is 6.19. The zero-order valence-corrected chi connectivity index (χ0v) is 13.2. The van der Waals surface area contributed by atoms with Crippen LogP contribution < -0.4 is 5.73 Å². The highest BCUT2D eigenvalue weighted by molar-refractivity contribution is 5.15. The van der Waals surface area contributed by atoms with Crippen molar-refractivity contribution in [3.8, 4) is 0 Å². The summed E-state index contributed by atoms with van der Waals surface area (Å²) < 4.78 is 0. The van der Waals surface area contributed by atoms with Crippen molar-refractivity contribution in [1.82, 2.24) is 9.80 Å². The van der Waals surface area contributed by atoms with Crippen LogP contribution in [-0.4, -0.2) is 47.6 Å². The molecule has 1 saturated heterocycles. The van der Waals surface area contributed by atoms with E-state index in [1.807, 2.05) is 0 Å². The van der Waals surface area contributed by atoms with Crippen LogP contribution in [0.3, 0.4) is 0 Å². The predicted molar refractivity (Wildman–Crippen MR) is 85.6 cm³/mol. The fourth-order valence-electron chi connectivity index (χ4n) is 3.30. The number of benzene rings is 1. The van der Waals surface area contributed by atoms with Crippen molar-refractivity contribution in [2.75, 3.05) is 26.2 Å². The van der Waals surface area contributed by atoms with Gasteiger partial charge in [0.15, 0.2) is 0 Å². The number of likely N-dealkylation sites (tertiary alicyclic amines) is 1. The fourth-order valence-corrected chi connectivity index (χ4v) is 3.30. The number of nitrogens with zero attached hydrogens (tertiary/aromatic N) is 2. The highest BCUT2D eigenvalue weighted by Gasteiger charge is 2.41. The topological polar surface area (TPSA) is 32.5 Å². The minimum atomic E-state index is 0.148. The Labute approximate surface area is 123 Å². The summed E-state index contributed by atoms with van der Waals surface area (Å²) in [6.45, 7) is 11.9. The maximum absolute atomic E-state index is 6.19. The fraction of sp³-hybridized carbons (Fsp3) is 0.647. The van der Waals surface area contributed by atoms with E-state index in [0.29, 0.717) is 6.04 Å². The molecule has 1 aliphatic heterocycles. The molecule has 0 saturated carbocycles. The monoisotopic (exact) mass is 275 g/mol. The van der Waals surface area contributed by atoms with Crippen LogP contribution in [0.15, 0.2) is 30.3 Å². The van der Waals surface area contributed by atoms with E-state index in [9.17, 15) is 0 Å². The van der Waals surface area contributed by atoms with Crippen molar-refractivity contribution >= 4 is 0 Å². The third kappa shape index (κ3) is 3.22. The molecule has 1 atom stereocenters. The smallest absolute Gasteiger partial charge is 0.0474 e. The highest BCUT2D eigenvalue weighted by atomic mass is 15.3. The van der Waals surface area contributed by atoms with Crippen LogP contribution in [-0.2, 0) is 6.54 Å². The van der Waals surface area contributed by atoms with Crippen LogP contribution in [0.25, 0.3) is 0 Å². The molecule has 0 bridgehead atoms. The lowest BCUT2D eigenvalue weighted by molar-refractivity contribution is 0.0920. The zero-order valence-electron chi connectivity index (χ0n) is 13.2. The third-order valence-electron chi connectivity index (χ3n) is 4.74. The van der Waals surface area contributed by atoms with E-state index in [0.717, 1.165) is 26.2 Å². The Morgan fingerprint density at radius 1 is 1.30 bits per heavy atom. The number of rotatable bonds is 6. The summed E-state index contributed by atoms with van der Waals surface area (Å²) in [5.74, 6) is 0. The lowest BCUT2D eigenvalue weighted by atomic mass is 9.95. The largest absolute Gasteiger partial charge is 0.329 e. The molecule has 0 spiro atoms. The van der Waals surface area contributed by atoms with E-state index in [1.54, 1.807) is 0 Å². The molecule has 20 heavy (non-hydrogen) atoms. The van der Waals surface area contributed by atoms with E-state index in [1.165, 1.54) is 18.5 Å². The lowest BCUT2D eigenvalue weighted by Crippen LogP contribution is -2.55. The number of hydrogen-bond donors (Lipinski definition) is 1. The Hall–Kier alpha value is -0.900. The van der Waals surface area contributed by atoms with Gasteiger partial charge in [0, 0.05) is 37.8 Å². The normalized spacial score (nSPS) is 23.9. The molecule has 1 fully saturated rings. The van der Waals surface area contributed by atoms with Crippen LogP contribution in [0.1, 0.15) is 32.8 Å². The van der Waals surface area contributed by atoms with Crippen LogP contribution >= 0.6 is 0 Å². The number of hydrogen-bond acceptors (Lipinski definition) is 3. The van der Waals surface area contributed by atoms with E-state index in [4.69, 9.17) is 5.73 Å². The van der Waals surface area contributed by atoms with E-state index in [-0.39, 0.29) is 5.54 Å². The molecule has 1 unspecified atom stereocenters. The summed E-state index contributed by atoms with van der Waals surface area (Å²) in [6.07, 6.45) is 1.18. The Bertz CT molecular complexity index is 404. The van der Waals surface area contributed by atoms with Gasteiger partial charge in [0.05, 0.1) is 0 Å². The third-order valence-corrected chi connectivity index (χ3v) is 4.74. The van der Waals surface area contributed by atoms with Gasteiger partial charge in [-0.2, -0.15) is 0 Å². The zero-order chi connectivity index (χ0) is 14.6. The first kappa shape index (κ1) is 15.5. The summed E-state index contributed by atoms with van der Waals surface area (Å²) in [7, 11) is 0. The number of nitrogens with two attached hydrogens (primary N) is 1. The van der Waals surface area contributed by atoms with Crippen molar-refractivity contribution in [2.24, 2.45) is 5.73 Å². The average molecular weight is 275 g/mol. The Balaban J connectivity index is 2.12. The van der Waals surface area contributed by atoms with Gasteiger partial charge in [-0.3, -0.25) is 9.80 Å². The first-order chi connectivity index (χ1) is 9.61. The van der Waals surface area contributed by atoms with E-state index < -0.39 is 0 Å². The standard InChI is InChI=1S/C17H29N3/c1-4-20(12-16-8-6-5-7-9-16)17(13-18)10-11-19(14-17)15(2)3/h5-9,15H,4,10-14,18H2,1-3H3. The van der Waals surface area contributed by atoms with Crippen molar-refractivity contribution in [2.45, 2.75) is 45.3 Å². The van der Waals surface area contributed by atoms with E-state index >= 15 is 0 Å². The van der Waals surface area contributed by atoms with Gasteiger partial charge in [-0.1, -0.05) is 37.3 Å². The molecule has 1 aliphatic rings. The molecule has 3 heteroatoms. The van der Waals surface area contributed by atoms with Gasteiger partial charge in [0.2, 0.25) is 0 Å². The highest BCUT2D eigenvalue weighted by Crippen LogP contribution is 2.29. The van der Waals surface area contributed by atoms with Gasteiger partial charge in [-0.05, 0) is 32.4 Å². The van der Waals surface area contributed by atoms with Crippen molar-refractivity contribution in [1.29, 1.82) is 0 Å². The second-order valence-electron chi connectivity index (χ2n) is 6.24. The second-order valence-corrected chi connectivity index (χ2v) is 6.24. The van der Waals surface area contributed by atoms with Gasteiger partial charge in [0.25, 0.3) is 0 Å². The van der Waals surface area contributed by atoms with Gasteiger partial charge in [0.1, 0.15) is 0 Å². The molecule has 1 aromatic rings. The second kappa shape index (κ2) is 6.70. The average Bonchev–Trinajstić information content (AvgIpc) is 2.92. The molecule has 3 nitrogen and oxygen atoms in total. The molecule has 1 aromatic carbocycles. The van der Waals surface area contributed by atoms with Gasteiger partial charge < -0.3 is 5.73 Å². The molecule has 0 radical (unpaired) electrons. The lowest BCUT2D eigenvalue weighted by Gasteiger charge is -2.40. The van der Waals surface area contributed by atoms with Crippen LogP contribution in [0.4, 0.5) is 0 Å². The molecular formula is C17H29N3. The Kier molecular flexibility index (Phi) is 5.19. The maximum Gasteiger partial charge on any atom is 0.0474 e. The first-order valence-electron chi connectivity index (χ1n) is 7.84. The minimum Gasteiger partial charge on any atom is -0.329 e. The SMILES string of the molecule is CCN(Cc1ccccc1)C1(CN)CCN(C(C)C)C1. The van der Waals surface area contributed by atoms with Gasteiger partial charge >= 0.3 is 0 Å². The molecule has 1 heterocycles. The molecule has 0 aromatic heterocycles. The molecule has 2 rings (SSSR count). The van der Waals surface area contributed by atoms with Crippen molar-refractivity contribution < 1.29 is 0 Å². The Morgan fingerprint density at radius 3 is 2.50 bits per heavy atom. The summed E-state index contributed by atoms with van der Waals surface area (Å²) >= 11 is 0. The van der Waals surface area contributed by atoms with Gasteiger partial charge in [-0.15, -0.1) is 0 Å². The quantitative estimate of drug-likeness (QED) is 0.865. The summed E-state index contributed by atoms with van der Waals surface area (Å²) in [5.41, 5.74) is 7.72. The summed E-state index contributed by atoms with van der Waals surface area (Å²) in [4.78, 5) is 5.13. The molecule has 0 aliphatic carbocycles. The van der Waals surface area contributed by atoms with Crippen molar-refractivity contribution in [3.63, 3.8) is 0 Å². The molecule has 0 amide bonds. The minimum absolute atomic E-state index is 0.148.